The molecule has 24 heavy (non-hydrogen) atoms. The predicted octanol–water partition coefficient (Wildman–Crippen LogP) is 3.28. The molecule has 0 radical (unpaired) electrons. The molecule has 0 unspecified atom stereocenters. The van der Waals surface area contributed by atoms with Crippen molar-refractivity contribution in [2.24, 2.45) is 0 Å². The van der Waals surface area contributed by atoms with Crippen molar-refractivity contribution in [3.63, 3.8) is 0 Å². The third kappa shape index (κ3) is 5.94. The van der Waals surface area contributed by atoms with E-state index in [1.807, 2.05) is 13.8 Å². The van der Waals surface area contributed by atoms with Crippen LogP contribution in [0.15, 0.2) is 18.2 Å². The third-order valence-electron chi connectivity index (χ3n) is 3.46. The summed E-state index contributed by atoms with van der Waals surface area (Å²) in [6.45, 7) is 5.25. The fourth-order valence-electron chi connectivity index (χ4n) is 2.38. The molecule has 0 aliphatic rings. The van der Waals surface area contributed by atoms with Gasteiger partial charge >= 0.3 is 0 Å². The largest absolute Gasteiger partial charge is 0.343 e. The first-order valence-corrected chi connectivity index (χ1v) is 10.1. The summed E-state index contributed by atoms with van der Waals surface area (Å²) >= 11 is 5.73. The molecule has 0 atom stereocenters. The average Bonchev–Trinajstić information content (AvgIpc) is 2.49. The van der Waals surface area contributed by atoms with Crippen molar-refractivity contribution in [1.82, 2.24) is 4.90 Å². The van der Waals surface area contributed by atoms with E-state index in [0.717, 1.165) is 29.5 Å². The summed E-state index contributed by atoms with van der Waals surface area (Å²) < 4.78 is 38.4. The molecule has 0 saturated heterocycles. The van der Waals surface area contributed by atoms with Gasteiger partial charge in [-0.05, 0) is 31.0 Å². The number of benzene rings is 1. The SMILES string of the molecule is CCCN(CCC)C(=O)CCN(c1ccc(F)c(Cl)c1)S(C)(=O)=O. The van der Waals surface area contributed by atoms with E-state index >= 15 is 0 Å². The van der Waals surface area contributed by atoms with E-state index in [4.69, 9.17) is 11.6 Å². The van der Waals surface area contributed by atoms with Gasteiger partial charge in [0.25, 0.3) is 0 Å². The smallest absolute Gasteiger partial charge is 0.232 e. The van der Waals surface area contributed by atoms with Crippen LogP contribution in [0.2, 0.25) is 5.02 Å². The van der Waals surface area contributed by atoms with Crippen LogP contribution in [0, 0.1) is 5.82 Å². The maximum atomic E-state index is 13.3. The van der Waals surface area contributed by atoms with E-state index in [9.17, 15) is 17.6 Å². The summed E-state index contributed by atoms with van der Waals surface area (Å²) in [7, 11) is -3.61. The van der Waals surface area contributed by atoms with Crippen LogP contribution in [0.25, 0.3) is 0 Å². The molecule has 1 aromatic carbocycles. The molecule has 0 aromatic heterocycles. The standard InChI is InChI=1S/C16H24ClFN2O3S/c1-4-9-19(10-5-2)16(21)8-11-20(24(3,22)23)13-6-7-15(18)14(17)12-13/h6-7,12H,4-5,8-11H2,1-3H3. The molecule has 0 saturated carbocycles. The number of hydrogen-bond donors (Lipinski definition) is 0. The monoisotopic (exact) mass is 378 g/mol. The van der Waals surface area contributed by atoms with E-state index in [2.05, 4.69) is 0 Å². The van der Waals surface area contributed by atoms with E-state index in [-0.39, 0.29) is 29.6 Å². The van der Waals surface area contributed by atoms with Crippen LogP contribution < -0.4 is 4.31 Å². The van der Waals surface area contributed by atoms with Crippen LogP contribution in [-0.4, -0.2) is 45.1 Å². The summed E-state index contributed by atoms with van der Waals surface area (Å²) in [5, 5.41) is -0.161. The van der Waals surface area contributed by atoms with Crippen molar-refractivity contribution in [3.8, 4) is 0 Å². The number of rotatable bonds is 9. The number of anilines is 1. The highest BCUT2D eigenvalue weighted by molar-refractivity contribution is 7.92. The molecule has 0 fully saturated rings. The molecule has 1 aromatic rings. The highest BCUT2D eigenvalue weighted by Crippen LogP contribution is 2.24. The maximum absolute atomic E-state index is 13.3. The zero-order chi connectivity index (χ0) is 18.3. The van der Waals surface area contributed by atoms with Gasteiger partial charge in [-0.3, -0.25) is 9.10 Å². The number of hydrogen-bond acceptors (Lipinski definition) is 3. The Labute approximate surface area is 148 Å². The third-order valence-corrected chi connectivity index (χ3v) is 4.94. The lowest BCUT2D eigenvalue weighted by molar-refractivity contribution is -0.131. The molecule has 8 heteroatoms. The molecule has 1 rings (SSSR count). The second-order valence-electron chi connectivity index (χ2n) is 5.56. The summed E-state index contributed by atoms with van der Waals surface area (Å²) in [5.74, 6) is -0.720. The molecule has 5 nitrogen and oxygen atoms in total. The predicted molar refractivity (Wildman–Crippen MR) is 95.4 cm³/mol. The summed E-state index contributed by atoms with van der Waals surface area (Å²) in [5.41, 5.74) is 0.245. The normalized spacial score (nSPS) is 11.4. The zero-order valence-corrected chi connectivity index (χ0v) is 15.8. The number of carbonyl (C=O) groups is 1. The molecule has 0 N–H and O–H groups in total. The van der Waals surface area contributed by atoms with E-state index < -0.39 is 15.8 Å². The van der Waals surface area contributed by atoms with Crippen molar-refractivity contribution in [2.45, 2.75) is 33.1 Å². The van der Waals surface area contributed by atoms with E-state index in [1.165, 1.54) is 12.1 Å². The highest BCUT2D eigenvalue weighted by Gasteiger charge is 2.21. The molecule has 0 aliphatic heterocycles. The number of halogens is 2. The lowest BCUT2D eigenvalue weighted by Gasteiger charge is -2.25. The Hall–Kier alpha value is -1.34. The van der Waals surface area contributed by atoms with Crippen molar-refractivity contribution in [2.75, 3.05) is 30.2 Å². The van der Waals surface area contributed by atoms with Gasteiger partial charge in [0, 0.05) is 26.1 Å². The molecule has 136 valence electrons. The Balaban J connectivity index is 2.92. The zero-order valence-electron chi connectivity index (χ0n) is 14.3. The quantitative estimate of drug-likeness (QED) is 0.662. The van der Waals surface area contributed by atoms with Gasteiger partial charge in [0.2, 0.25) is 15.9 Å². The number of amides is 1. The van der Waals surface area contributed by atoms with Crippen LogP contribution in [-0.2, 0) is 14.8 Å². The lowest BCUT2D eigenvalue weighted by Crippen LogP contribution is -2.37. The van der Waals surface area contributed by atoms with Crippen molar-refractivity contribution < 1.29 is 17.6 Å². The van der Waals surface area contributed by atoms with E-state index in [0.29, 0.717) is 13.1 Å². The Morgan fingerprint density at radius 3 is 2.21 bits per heavy atom. The lowest BCUT2D eigenvalue weighted by atomic mass is 10.2. The van der Waals surface area contributed by atoms with Crippen molar-refractivity contribution >= 4 is 33.2 Å². The van der Waals surface area contributed by atoms with Gasteiger partial charge in [0.1, 0.15) is 5.82 Å². The minimum absolute atomic E-state index is 0.0104. The molecular formula is C16H24ClFN2O3S. The van der Waals surface area contributed by atoms with Crippen LogP contribution in [0.4, 0.5) is 10.1 Å². The van der Waals surface area contributed by atoms with Gasteiger partial charge in [0.15, 0.2) is 0 Å². The first-order chi connectivity index (χ1) is 11.2. The topological polar surface area (TPSA) is 57.7 Å². The summed E-state index contributed by atoms with van der Waals surface area (Å²) in [6.07, 6.45) is 2.79. The van der Waals surface area contributed by atoms with Gasteiger partial charge in [0.05, 0.1) is 17.0 Å². The molecule has 0 aliphatic carbocycles. The second kappa shape index (κ2) is 9.22. The maximum Gasteiger partial charge on any atom is 0.232 e. The van der Waals surface area contributed by atoms with E-state index in [1.54, 1.807) is 4.90 Å². The minimum Gasteiger partial charge on any atom is -0.343 e. The van der Waals surface area contributed by atoms with Crippen molar-refractivity contribution in [3.05, 3.63) is 29.0 Å². The minimum atomic E-state index is -3.61. The second-order valence-corrected chi connectivity index (χ2v) is 7.88. The molecule has 0 heterocycles. The first kappa shape index (κ1) is 20.7. The first-order valence-electron chi connectivity index (χ1n) is 7.91. The molecule has 0 spiro atoms. The van der Waals surface area contributed by atoms with Gasteiger partial charge in [-0.25, -0.2) is 12.8 Å². The molecule has 1 amide bonds. The Kier molecular flexibility index (Phi) is 7.96. The summed E-state index contributed by atoms with van der Waals surface area (Å²) in [6, 6.07) is 3.69. The van der Waals surface area contributed by atoms with Gasteiger partial charge < -0.3 is 4.90 Å². The van der Waals surface area contributed by atoms with Gasteiger partial charge in [-0.2, -0.15) is 0 Å². The van der Waals surface area contributed by atoms with Gasteiger partial charge in [-0.1, -0.05) is 25.4 Å². The fraction of sp³-hybridized carbons (Fsp3) is 0.562. The number of sulfonamides is 1. The Morgan fingerprint density at radius 2 is 1.75 bits per heavy atom. The Morgan fingerprint density at radius 1 is 1.17 bits per heavy atom. The van der Waals surface area contributed by atoms with Crippen molar-refractivity contribution in [1.29, 1.82) is 0 Å². The molecule has 0 bridgehead atoms. The Bertz CT molecular complexity index is 661. The van der Waals surface area contributed by atoms with Crippen LogP contribution in [0.3, 0.4) is 0 Å². The average molecular weight is 379 g/mol. The highest BCUT2D eigenvalue weighted by atomic mass is 35.5. The van der Waals surface area contributed by atoms with Gasteiger partial charge in [-0.15, -0.1) is 0 Å². The van der Waals surface area contributed by atoms with Crippen LogP contribution in [0.5, 0.6) is 0 Å². The summed E-state index contributed by atoms with van der Waals surface area (Å²) in [4.78, 5) is 14.1. The molecular weight excluding hydrogens is 355 g/mol. The number of nitrogens with zero attached hydrogens (tertiary/aromatic N) is 2. The fourth-order valence-corrected chi connectivity index (χ4v) is 3.48. The van der Waals surface area contributed by atoms with Crippen LogP contribution >= 0.6 is 11.6 Å². The van der Waals surface area contributed by atoms with Crippen LogP contribution in [0.1, 0.15) is 33.1 Å². The number of carbonyl (C=O) groups excluding carboxylic acids is 1.